The largest absolute Gasteiger partial charge is 0.329 e. The lowest BCUT2D eigenvalue weighted by atomic mass is 10.1. The van der Waals surface area contributed by atoms with Gasteiger partial charge in [0.2, 0.25) is 0 Å². The highest BCUT2D eigenvalue weighted by atomic mass is 15.3. The van der Waals surface area contributed by atoms with Gasteiger partial charge in [-0.25, -0.2) is 9.67 Å². The van der Waals surface area contributed by atoms with E-state index in [0.717, 1.165) is 24.3 Å². The number of fused-ring (bicyclic) bond motifs is 1. The summed E-state index contributed by atoms with van der Waals surface area (Å²) in [5.74, 6) is 0. The molecule has 0 spiro atoms. The van der Waals surface area contributed by atoms with E-state index in [9.17, 15) is 0 Å². The van der Waals surface area contributed by atoms with Crippen LogP contribution in [-0.2, 0) is 6.54 Å². The average Bonchev–Trinajstić information content (AvgIpc) is 3.32. The fourth-order valence-electron chi connectivity index (χ4n) is 3.17. The Kier molecular flexibility index (Phi) is 4.31. The molecule has 126 valence electrons. The summed E-state index contributed by atoms with van der Waals surface area (Å²) in [4.78, 5) is 4.45. The third-order valence-corrected chi connectivity index (χ3v) is 4.49. The van der Waals surface area contributed by atoms with Crippen LogP contribution in [0.15, 0.2) is 73.3 Å². The molecule has 0 aliphatic rings. The third kappa shape index (κ3) is 3.19. The molecule has 25 heavy (non-hydrogen) atoms. The minimum atomic E-state index is 0.232. The SMILES string of the molecule is C[C@H](NCCn1cnc2ccccc21)c1ccccc1-n1cccn1. The first-order valence-corrected chi connectivity index (χ1v) is 8.55. The van der Waals surface area contributed by atoms with Crippen molar-refractivity contribution in [1.29, 1.82) is 0 Å². The van der Waals surface area contributed by atoms with Crippen LogP contribution in [0, 0.1) is 0 Å². The molecule has 5 heteroatoms. The molecule has 0 aliphatic carbocycles. The highest BCUT2D eigenvalue weighted by molar-refractivity contribution is 5.74. The quantitative estimate of drug-likeness (QED) is 0.587. The molecule has 0 radical (unpaired) electrons. The maximum absolute atomic E-state index is 4.45. The number of hydrogen-bond acceptors (Lipinski definition) is 3. The maximum atomic E-state index is 4.45. The van der Waals surface area contributed by atoms with Crippen LogP contribution < -0.4 is 5.32 Å². The van der Waals surface area contributed by atoms with Gasteiger partial charge in [0.15, 0.2) is 0 Å². The Morgan fingerprint density at radius 1 is 1.04 bits per heavy atom. The van der Waals surface area contributed by atoms with Crippen LogP contribution in [0.4, 0.5) is 0 Å². The van der Waals surface area contributed by atoms with Gasteiger partial charge in [0.1, 0.15) is 0 Å². The van der Waals surface area contributed by atoms with E-state index in [0.29, 0.717) is 0 Å². The van der Waals surface area contributed by atoms with Crippen LogP contribution >= 0.6 is 0 Å². The molecule has 4 aromatic rings. The van der Waals surface area contributed by atoms with Gasteiger partial charge in [-0.1, -0.05) is 30.3 Å². The first-order valence-electron chi connectivity index (χ1n) is 8.55. The topological polar surface area (TPSA) is 47.7 Å². The van der Waals surface area contributed by atoms with Crippen molar-refractivity contribution >= 4 is 11.0 Å². The predicted molar refractivity (Wildman–Crippen MR) is 99.7 cm³/mol. The summed E-state index contributed by atoms with van der Waals surface area (Å²) in [6, 6.07) is 18.8. The lowest BCUT2D eigenvalue weighted by Crippen LogP contribution is -2.24. The van der Waals surface area contributed by atoms with Gasteiger partial charge in [-0.15, -0.1) is 0 Å². The van der Waals surface area contributed by atoms with Gasteiger partial charge in [0.25, 0.3) is 0 Å². The Balaban J connectivity index is 1.45. The predicted octanol–water partition coefficient (Wildman–Crippen LogP) is 3.57. The lowest BCUT2D eigenvalue weighted by molar-refractivity contribution is 0.533. The Bertz CT molecular complexity index is 955. The van der Waals surface area contributed by atoms with Crippen LogP contribution in [0.1, 0.15) is 18.5 Å². The molecule has 0 saturated heterocycles. The molecule has 0 bridgehead atoms. The van der Waals surface area contributed by atoms with E-state index in [2.05, 4.69) is 57.2 Å². The lowest BCUT2D eigenvalue weighted by Gasteiger charge is -2.18. The zero-order valence-corrected chi connectivity index (χ0v) is 14.2. The van der Waals surface area contributed by atoms with E-state index in [1.54, 1.807) is 6.20 Å². The Labute approximate surface area is 146 Å². The van der Waals surface area contributed by atoms with Crippen LogP contribution in [0.5, 0.6) is 0 Å². The van der Waals surface area contributed by atoms with Crippen molar-refractivity contribution in [2.75, 3.05) is 6.54 Å². The average molecular weight is 331 g/mol. The fraction of sp³-hybridized carbons (Fsp3) is 0.200. The number of rotatable bonds is 6. The number of benzene rings is 2. The fourth-order valence-corrected chi connectivity index (χ4v) is 3.17. The summed E-state index contributed by atoms with van der Waals surface area (Å²) in [5.41, 5.74) is 4.57. The van der Waals surface area contributed by atoms with Crippen molar-refractivity contribution in [3.05, 3.63) is 78.9 Å². The summed E-state index contributed by atoms with van der Waals surface area (Å²) in [5, 5.41) is 7.98. The first-order chi connectivity index (χ1) is 12.3. The number of imidazole rings is 1. The second kappa shape index (κ2) is 6.91. The zero-order chi connectivity index (χ0) is 17.1. The molecule has 0 aliphatic heterocycles. The Morgan fingerprint density at radius 3 is 2.76 bits per heavy atom. The molecule has 2 aromatic heterocycles. The van der Waals surface area contributed by atoms with Crippen molar-refractivity contribution < 1.29 is 0 Å². The summed E-state index contributed by atoms with van der Waals surface area (Å²) in [6.07, 6.45) is 5.69. The minimum absolute atomic E-state index is 0.232. The highest BCUT2D eigenvalue weighted by Gasteiger charge is 2.11. The molecule has 2 aromatic carbocycles. The van der Waals surface area contributed by atoms with Crippen LogP contribution in [-0.4, -0.2) is 25.9 Å². The van der Waals surface area contributed by atoms with E-state index in [-0.39, 0.29) is 6.04 Å². The summed E-state index contributed by atoms with van der Waals surface area (Å²) in [6.45, 7) is 3.94. The van der Waals surface area contributed by atoms with E-state index >= 15 is 0 Å². The normalized spacial score (nSPS) is 12.5. The molecule has 5 nitrogen and oxygen atoms in total. The zero-order valence-electron chi connectivity index (χ0n) is 14.2. The van der Waals surface area contributed by atoms with Crippen molar-refractivity contribution in [2.45, 2.75) is 19.5 Å². The van der Waals surface area contributed by atoms with Crippen LogP contribution in [0.2, 0.25) is 0 Å². The minimum Gasteiger partial charge on any atom is -0.329 e. The molecule has 0 fully saturated rings. The van der Waals surface area contributed by atoms with Gasteiger partial charge in [-0.05, 0) is 36.8 Å². The molecule has 4 rings (SSSR count). The van der Waals surface area contributed by atoms with Gasteiger partial charge >= 0.3 is 0 Å². The monoisotopic (exact) mass is 331 g/mol. The van der Waals surface area contributed by atoms with Crippen molar-refractivity contribution in [2.24, 2.45) is 0 Å². The molecule has 0 amide bonds. The number of para-hydroxylation sites is 3. The van der Waals surface area contributed by atoms with Gasteiger partial charge in [0.05, 0.1) is 23.0 Å². The van der Waals surface area contributed by atoms with E-state index < -0.39 is 0 Å². The van der Waals surface area contributed by atoms with Crippen molar-refractivity contribution in [3.63, 3.8) is 0 Å². The van der Waals surface area contributed by atoms with Crippen molar-refractivity contribution in [3.8, 4) is 5.69 Å². The summed E-state index contributed by atoms with van der Waals surface area (Å²) >= 11 is 0. The van der Waals surface area contributed by atoms with Gasteiger partial charge < -0.3 is 9.88 Å². The molecule has 0 unspecified atom stereocenters. The Morgan fingerprint density at radius 2 is 1.88 bits per heavy atom. The molecular weight excluding hydrogens is 310 g/mol. The maximum Gasteiger partial charge on any atom is 0.0958 e. The standard InChI is InChI=1S/C20H21N5/c1-16(17-7-2-4-9-19(17)25-13-6-11-23-25)21-12-14-24-15-22-18-8-3-5-10-20(18)24/h2-11,13,15-16,21H,12,14H2,1H3/t16-/m0/s1. The number of aromatic nitrogens is 4. The van der Waals surface area contributed by atoms with Gasteiger partial charge in [0, 0.05) is 31.5 Å². The smallest absolute Gasteiger partial charge is 0.0958 e. The van der Waals surface area contributed by atoms with Crippen LogP contribution in [0.3, 0.4) is 0 Å². The molecule has 0 saturated carbocycles. The van der Waals surface area contributed by atoms with Crippen LogP contribution in [0.25, 0.3) is 16.7 Å². The van der Waals surface area contributed by atoms with Crippen molar-refractivity contribution in [1.82, 2.24) is 24.6 Å². The number of hydrogen-bond donors (Lipinski definition) is 1. The molecule has 2 heterocycles. The number of nitrogens with zero attached hydrogens (tertiary/aromatic N) is 4. The Hall–Kier alpha value is -2.92. The summed E-state index contributed by atoms with van der Waals surface area (Å²) < 4.78 is 4.10. The molecular formula is C20H21N5. The first kappa shape index (κ1) is 15.6. The third-order valence-electron chi connectivity index (χ3n) is 4.49. The second-order valence-corrected chi connectivity index (χ2v) is 6.11. The second-order valence-electron chi connectivity index (χ2n) is 6.11. The van der Waals surface area contributed by atoms with E-state index in [1.807, 2.05) is 41.5 Å². The summed E-state index contributed by atoms with van der Waals surface area (Å²) in [7, 11) is 0. The highest BCUT2D eigenvalue weighted by Crippen LogP contribution is 2.21. The van der Waals surface area contributed by atoms with E-state index in [1.165, 1.54) is 11.1 Å². The molecule has 1 atom stereocenters. The van der Waals surface area contributed by atoms with Gasteiger partial charge in [-0.3, -0.25) is 0 Å². The number of nitrogens with one attached hydrogen (secondary N) is 1. The molecule has 1 N–H and O–H groups in total. The van der Waals surface area contributed by atoms with E-state index in [4.69, 9.17) is 0 Å². The van der Waals surface area contributed by atoms with Gasteiger partial charge in [-0.2, -0.15) is 5.10 Å².